The number of hydrogen-bond acceptors (Lipinski definition) is 4. The number of sulfonamides is 1. The average Bonchev–Trinajstić information content (AvgIpc) is 3.21. The fourth-order valence-electron chi connectivity index (χ4n) is 3.47. The highest BCUT2D eigenvalue weighted by atomic mass is 32.2. The highest BCUT2D eigenvalue weighted by molar-refractivity contribution is 7.89. The molecule has 0 aromatic carbocycles. The topological polar surface area (TPSA) is 83.9 Å². The Hall–Kier alpha value is -2.19. The second kappa shape index (κ2) is 5.71. The molecule has 1 atom stereocenters. The Kier molecular flexibility index (Phi) is 3.65. The van der Waals surface area contributed by atoms with Gasteiger partial charge in [0, 0.05) is 37.6 Å². The lowest BCUT2D eigenvalue weighted by molar-refractivity contribution is 0.246. The molecule has 126 valence electrons. The number of H-pyrrole nitrogens is 1. The van der Waals surface area contributed by atoms with Crippen molar-refractivity contribution >= 4 is 21.1 Å². The smallest absolute Gasteiger partial charge is 0.245 e. The summed E-state index contributed by atoms with van der Waals surface area (Å²) in [6, 6.07) is 5.26. The minimum atomic E-state index is -3.62. The maximum atomic E-state index is 13.3. The molecule has 0 amide bonds. The van der Waals surface area contributed by atoms with Gasteiger partial charge in [0.05, 0.1) is 11.7 Å². The molecule has 0 bridgehead atoms. The van der Waals surface area contributed by atoms with Crippen LogP contribution >= 0.6 is 0 Å². The minimum absolute atomic E-state index is 0.183. The maximum Gasteiger partial charge on any atom is 0.245 e. The third kappa shape index (κ3) is 2.33. The molecule has 4 rings (SSSR count). The fourth-order valence-corrected chi connectivity index (χ4v) is 5.29. The molecule has 1 N–H and O–H groups in total. The van der Waals surface area contributed by atoms with E-state index >= 15 is 0 Å². The zero-order valence-corrected chi connectivity index (χ0v) is 14.2. The molecule has 8 heteroatoms. The van der Waals surface area contributed by atoms with Crippen molar-refractivity contribution in [3.05, 3.63) is 42.5 Å². The first-order valence-corrected chi connectivity index (χ1v) is 9.45. The Morgan fingerprint density at radius 1 is 1.25 bits per heavy atom. The van der Waals surface area contributed by atoms with E-state index in [1.54, 1.807) is 39.7 Å². The number of fused-ring (bicyclic) bond motifs is 1. The van der Waals surface area contributed by atoms with Crippen LogP contribution in [-0.4, -0.2) is 39.0 Å². The molecule has 1 unspecified atom stereocenters. The molecule has 1 saturated heterocycles. The molecule has 3 aromatic rings. The Morgan fingerprint density at radius 2 is 2.12 bits per heavy atom. The molecule has 7 nitrogen and oxygen atoms in total. The third-order valence-corrected chi connectivity index (χ3v) is 6.60. The van der Waals surface area contributed by atoms with Crippen LogP contribution in [-0.2, 0) is 17.1 Å². The number of nitrogens with one attached hydrogen (secondary N) is 1. The predicted molar refractivity (Wildman–Crippen MR) is 89.8 cm³/mol. The van der Waals surface area contributed by atoms with Gasteiger partial charge in [0.2, 0.25) is 10.0 Å². The van der Waals surface area contributed by atoms with Crippen molar-refractivity contribution in [2.75, 3.05) is 6.54 Å². The van der Waals surface area contributed by atoms with Gasteiger partial charge in [-0.15, -0.1) is 0 Å². The second-order valence-electron chi connectivity index (χ2n) is 6.06. The number of aryl methyl sites for hydroxylation is 1. The molecule has 0 spiro atoms. The van der Waals surface area contributed by atoms with Crippen LogP contribution in [0.25, 0.3) is 11.0 Å². The molecule has 3 aromatic heterocycles. The van der Waals surface area contributed by atoms with Crippen LogP contribution in [0, 0.1) is 0 Å². The number of aromatic nitrogens is 4. The standard InChI is InChI=1S/C16H19N5O2S/c1-20-13(7-9-19-20)14-6-2-3-10-21(14)24(22,23)15-11-18-16-12(15)5-4-8-17-16/h4-5,7-9,11,14H,2-3,6,10H2,1H3,(H,17,18). The molecule has 0 aliphatic carbocycles. The van der Waals surface area contributed by atoms with Gasteiger partial charge in [-0.1, -0.05) is 6.42 Å². The first kappa shape index (κ1) is 15.3. The van der Waals surface area contributed by atoms with E-state index in [0.717, 1.165) is 25.0 Å². The van der Waals surface area contributed by atoms with Gasteiger partial charge in [-0.3, -0.25) is 4.68 Å². The Bertz CT molecular complexity index is 975. The predicted octanol–water partition coefficient (Wildman–Crippen LogP) is 2.21. The van der Waals surface area contributed by atoms with Crippen molar-refractivity contribution in [1.29, 1.82) is 0 Å². The van der Waals surface area contributed by atoms with Crippen LogP contribution in [0.15, 0.2) is 41.7 Å². The van der Waals surface area contributed by atoms with E-state index < -0.39 is 10.0 Å². The SMILES string of the molecule is Cn1nccc1C1CCCCN1S(=O)(=O)c1c[nH]c2ncccc12. The summed E-state index contributed by atoms with van der Waals surface area (Å²) >= 11 is 0. The van der Waals surface area contributed by atoms with E-state index in [2.05, 4.69) is 15.1 Å². The van der Waals surface area contributed by atoms with Crippen LogP contribution in [0.2, 0.25) is 0 Å². The number of aromatic amines is 1. The molecule has 4 heterocycles. The number of piperidine rings is 1. The molecule has 1 fully saturated rings. The van der Waals surface area contributed by atoms with E-state index in [0.29, 0.717) is 22.5 Å². The summed E-state index contributed by atoms with van der Waals surface area (Å²) in [5.41, 5.74) is 1.52. The van der Waals surface area contributed by atoms with Crippen molar-refractivity contribution in [3.63, 3.8) is 0 Å². The van der Waals surface area contributed by atoms with Crippen molar-refractivity contribution in [2.24, 2.45) is 7.05 Å². The Balaban J connectivity index is 1.81. The largest absolute Gasteiger partial charge is 0.345 e. The molecule has 24 heavy (non-hydrogen) atoms. The van der Waals surface area contributed by atoms with Gasteiger partial charge in [-0.05, 0) is 31.0 Å². The van der Waals surface area contributed by atoms with E-state index in [-0.39, 0.29) is 6.04 Å². The monoisotopic (exact) mass is 345 g/mol. The summed E-state index contributed by atoms with van der Waals surface area (Å²) in [4.78, 5) is 7.44. The van der Waals surface area contributed by atoms with Gasteiger partial charge < -0.3 is 4.98 Å². The van der Waals surface area contributed by atoms with Crippen molar-refractivity contribution < 1.29 is 8.42 Å². The molecule has 0 radical (unpaired) electrons. The Labute approximate surface area is 140 Å². The molecular weight excluding hydrogens is 326 g/mol. The van der Waals surface area contributed by atoms with Gasteiger partial charge in [-0.25, -0.2) is 13.4 Å². The van der Waals surface area contributed by atoms with Gasteiger partial charge in [0.1, 0.15) is 10.5 Å². The first-order valence-electron chi connectivity index (χ1n) is 8.01. The van der Waals surface area contributed by atoms with E-state index in [4.69, 9.17) is 0 Å². The van der Waals surface area contributed by atoms with Crippen LogP contribution < -0.4 is 0 Å². The average molecular weight is 345 g/mol. The quantitative estimate of drug-likeness (QED) is 0.789. The summed E-state index contributed by atoms with van der Waals surface area (Å²) in [7, 11) is -1.76. The lowest BCUT2D eigenvalue weighted by Crippen LogP contribution is -2.39. The van der Waals surface area contributed by atoms with Crippen LogP contribution in [0.5, 0.6) is 0 Å². The normalized spacial score (nSPS) is 19.8. The molecule has 1 aliphatic heterocycles. The van der Waals surface area contributed by atoms with Crippen LogP contribution in [0.3, 0.4) is 0 Å². The van der Waals surface area contributed by atoms with Gasteiger partial charge in [-0.2, -0.15) is 9.40 Å². The fraction of sp³-hybridized carbons (Fsp3) is 0.375. The Morgan fingerprint density at radius 3 is 2.92 bits per heavy atom. The van der Waals surface area contributed by atoms with Crippen molar-refractivity contribution in [3.8, 4) is 0 Å². The first-order chi connectivity index (χ1) is 11.6. The highest BCUT2D eigenvalue weighted by Crippen LogP contribution is 2.36. The summed E-state index contributed by atoms with van der Waals surface area (Å²) in [6.07, 6.45) is 7.59. The zero-order valence-electron chi connectivity index (χ0n) is 13.4. The number of nitrogens with zero attached hydrogens (tertiary/aromatic N) is 4. The summed E-state index contributed by atoms with van der Waals surface area (Å²) in [6.45, 7) is 0.519. The van der Waals surface area contributed by atoms with Crippen LogP contribution in [0.4, 0.5) is 0 Å². The number of pyridine rings is 1. The van der Waals surface area contributed by atoms with E-state index in [9.17, 15) is 8.42 Å². The lowest BCUT2D eigenvalue weighted by Gasteiger charge is -2.34. The molecule has 1 aliphatic rings. The zero-order chi connectivity index (χ0) is 16.7. The second-order valence-corrected chi connectivity index (χ2v) is 7.92. The van der Waals surface area contributed by atoms with Crippen molar-refractivity contribution in [1.82, 2.24) is 24.1 Å². The maximum absolute atomic E-state index is 13.3. The third-order valence-electron chi connectivity index (χ3n) is 4.65. The molecule has 0 saturated carbocycles. The minimum Gasteiger partial charge on any atom is -0.345 e. The van der Waals surface area contributed by atoms with Gasteiger partial charge in [0.15, 0.2) is 0 Å². The number of rotatable bonds is 3. The highest BCUT2D eigenvalue weighted by Gasteiger charge is 2.37. The van der Waals surface area contributed by atoms with E-state index in [1.165, 1.54) is 0 Å². The van der Waals surface area contributed by atoms with Gasteiger partial charge in [0.25, 0.3) is 0 Å². The van der Waals surface area contributed by atoms with Gasteiger partial charge >= 0.3 is 0 Å². The molecular formula is C16H19N5O2S. The number of hydrogen-bond donors (Lipinski definition) is 1. The van der Waals surface area contributed by atoms with E-state index in [1.807, 2.05) is 13.1 Å². The van der Waals surface area contributed by atoms with Crippen LogP contribution in [0.1, 0.15) is 31.0 Å². The summed E-state index contributed by atoms with van der Waals surface area (Å²) in [5, 5.41) is 4.83. The lowest BCUT2D eigenvalue weighted by atomic mass is 10.0. The van der Waals surface area contributed by atoms with Crippen molar-refractivity contribution in [2.45, 2.75) is 30.2 Å². The summed E-state index contributed by atoms with van der Waals surface area (Å²) in [5.74, 6) is 0. The summed E-state index contributed by atoms with van der Waals surface area (Å²) < 4.78 is 30.0.